The molecule has 5 atom stereocenters. The van der Waals surface area contributed by atoms with Gasteiger partial charge in [0.2, 0.25) is 0 Å². The van der Waals surface area contributed by atoms with E-state index in [0.717, 1.165) is 72.9 Å². The van der Waals surface area contributed by atoms with Gasteiger partial charge in [-0.05, 0) is 75.4 Å². The molecule has 1 unspecified atom stereocenters. The van der Waals surface area contributed by atoms with Crippen LogP contribution in [-0.2, 0) is 30.1 Å². The fourth-order valence-corrected chi connectivity index (χ4v) is 12.6. The molecule has 1 saturated heterocycles. The Bertz CT molecular complexity index is 1560. The molecule has 1 aliphatic rings. The SMILES string of the molecule is CCCCOC[C@H]1OC(c2cc(CCC(C)(C)[Si](O)(c3ccccc3)c3ccccc3)c(Cl)c(OCCCl)c2Br)[C@H](OCCCC)[C@@H](OCCCC)[C@@H]1OCCCC. The minimum Gasteiger partial charge on any atom is -0.490 e. The standard InChI is InChI=1S/C47H69BrCl2O7Si/c1-7-11-28-52-34-39-43(53-29-12-8-2)46(55-31-14-10-4)45(54-30-13-9-3)42(57-39)38-33-35(41(50)44(40(38)48)56-32-27-49)25-26-47(5,6)58(51,36-21-17-15-18-22-36)37-23-19-16-20-24-37/h15-24,33,39,42-43,45-46,51H,7-14,25-32,34H2,1-6H3/t39-,42?,43-,45+,46+/m1/s1. The number of benzene rings is 3. The van der Waals surface area contributed by atoms with E-state index >= 15 is 0 Å². The van der Waals surface area contributed by atoms with Crippen molar-refractivity contribution < 1.29 is 33.2 Å². The second kappa shape index (κ2) is 25.4. The quantitative estimate of drug-likeness (QED) is 0.0464. The molecule has 7 nitrogen and oxygen atoms in total. The zero-order valence-corrected chi connectivity index (χ0v) is 39.9. The number of alkyl halides is 1. The van der Waals surface area contributed by atoms with Crippen LogP contribution in [0.4, 0.5) is 0 Å². The summed E-state index contributed by atoms with van der Waals surface area (Å²) in [5.74, 6) is 0.814. The van der Waals surface area contributed by atoms with Gasteiger partial charge in [0, 0.05) is 32.0 Å². The van der Waals surface area contributed by atoms with E-state index < -0.39 is 37.8 Å². The molecule has 1 N–H and O–H groups in total. The lowest BCUT2D eigenvalue weighted by Gasteiger charge is -2.47. The molecule has 0 spiro atoms. The van der Waals surface area contributed by atoms with Gasteiger partial charge >= 0.3 is 0 Å². The lowest BCUT2D eigenvalue weighted by Crippen LogP contribution is -2.65. The first-order chi connectivity index (χ1) is 28.1. The van der Waals surface area contributed by atoms with Crippen LogP contribution in [0.25, 0.3) is 0 Å². The molecule has 324 valence electrons. The van der Waals surface area contributed by atoms with Crippen LogP contribution in [0.2, 0.25) is 10.1 Å². The van der Waals surface area contributed by atoms with E-state index in [1.807, 2.05) is 36.4 Å². The van der Waals surface area contributed by atoms with Crippen molar-refractivity contribution in [2.45, 2.75) is 141 Å². The number of halogens is 3. The predicted molar refractivity (Wildman–Crippen MR) is 245 cm³/mol. The Labute approximate surface area is 369 Å². The maximum absolute atomic E-state index is 13.0. The van der Waals surface area contributed by atoms with Crippen molar-refractivity contribution in [1.82, 2.24) is 0 Å². The van der Waals surface area contributed by atoms with Crippen molar-refractivity contribution in [3.8, 4) is 5.75 Å². The second-order valence-corrected chi connectivity index (χ2v) is 21.5. The third-order valence-corrected chi connectivity index (χ3v) is 17.2. The Morgan fingerprint density at radius 1 is 0.741 bits per heavy atom. The van der Waals surface area contributed by atoms with E-state index in [-0.39, 0.29) is 12.7 Å². The van der Waals surface area contributed by atoms with Gasteiger partial charge in [0.1, 0.15) is 37.1 Å². The Balaban J connectivity index is 1.84. The number of rotatable bonds is 27. The molecule has 0 bridgehead atoms. The van der Waals surface area contributed by atoms with Crippen LogP contribution < -0.4 is 15.1 Å². The van der Waals surface area contributed by atoms with Crippen molar-refractivity contribution in [3.05, 3.63) is 87.4 Å². The molecule has 0 aromatic heterocycles. The van der Waals surface area contributed by atoms with E-state index in [1.54, 1.807) is 0 Å². The summed E-state index contributed by atoms with van der Waals surface area (Å²) in [5, 5.41) is 1.95. The van der Waals surface area contributed by atoms with Gasteiger partial charge < -0.3 is 33.2 Å². The van der Waals surface area contributed by atoms with E-state index in [2.05, 4.69) is 87.8 Å². The Hall–Kier alpha value is -1.50. The van der Waals surface area contributed by atoms with Crippen LogP contribution in [-0.4, -0.2) is 83.1 Å². The molecule has 0 aliphatic carbocycles. The highest BCUT2D eigenvalue weighted by atomic mass is 79.9. The summed E-state index contributed by atoms with van der Waals surface area (Å²) in [6, 6.07) is 22.4. The van der Waals surface area contributed by atoms with Crippen LogP contribution in [0, 0.1) is 0 Å². The summed E-state index contributed by atoms with van der Waals surface area (Å²) in [4.78, 5) is 13.0. The Kier molecular flexibility index (Phi) is 21.6. The predicted octanol–water partition coefficient (Wildman–Crippen LogP) is 11.0. The average molecular weight is 925 g/mol. The molecule has 1 heterocycles. The second-order valence-electron chi connectivity index (χ2n) is 16.0. The fourth-order valence-electron chi connectivity index (χ4n) is 7.69. The average Bonchev–Trinajstić information content (AvgIpc) is 3.23. The van der Waals surface area contributed by atoms with Gasteiger partial charge in [0.05, 0.1) is 22.0 Å². The van der Waals surface area contributed by atoms with E-state index in [0.29, 0.717) is 67.0 Å². The van der Waals surface area contributed by atoms with Crippen molar-refractivity contribution >= 4 is 57.8 Å². The number of unbranched alkanes of at least 4 members (excludes halogenated alkanes) is 4. The fraction of sp³-hybridized carbons (Fsp3) is 0.617. The van der Waals surface area contributed by atoms with Gasteiger partial charge in [-0.3, -0.25) is 0 Å². The molecule has 58 heavy (non-hydrogen) atoms. The third kappa shape index (κ3) is 12.8. The third-order valence-electron chi connectivity index (χ3n) is 11.3. The van der Waals surface area contributed by atoms with E-state index in [1.165, 1.54) is 0 Å². The largest absolute Gasteiger partial charge is 0.490 e. The molecule has 4 rings (SSSR count). The number of hydrogen-bond acceptors (Lipinski definition) is 7. The van der Waals surface area contributed by atoms with Crippen molar-refractivity contribution in [1.29, 1.82) is 0 Å². The van der Waals surface area contributed by atoms with Gasteiger partial charge in [-0.25, -0.2) is 0 Å². The molecule has 11 heteroatoms. The highest BCUT2D eigenvalue weighted by molar-refractivity contribution is 9.10. The molecule has 1 fully saturated rings. The molecular weight excluding hydrogens is 855 g/mol. The van der Waals surface area contributed by atoms with Gasteiger partial charge in [-0.15, -0.1) is 11.6 Å². The minimum atomic E-state index is -3.29. The monoisotopic (exact) mass is 922 g/mol. The molecule has 0 radical (unpaired) electrons. The van der Waals surface area contributed by atoms with Crippen molar-refractivity contribution in [2.75, 3.05) is 45.5 Å². The number of aryl methyl sites for hydroxylation is 1. The number of hydrogen-bond donors (Lipinski definition) is 1. The topological polar surface area (TPSA) is 75.6 Å². The molecule has 0 amide bonds. The maximum atomic E-state index is 13.0. The summed E-state index contributed by atoms with van der Waals surface area (Å²) < 4.78 is 40.9. The van der Waals surface area contributed by atoms with Crippen molar-refractivity contribution in [3.63, 3.8) is 0 Å². The zero-order chi connectivity index (χ0) is 42.0. The molecule has 3 aromatic carbocycles. The summed E-state index contributed by atoms with van der Waals surface area (Å²) in [6.07, 6.45) is 6.76. The summed E-state index contributed by atoms with van der Waals surface area (Å²) in [6.45, 7) is 16.0. The molecular formula is C47H69BrCl2O7Si. The first kappa shape index (κ1) is 49.2. The normalized spacial score (nSPS) is 20.1. The Morgan fingerprint density at radius 2 is 1.26 bits per heavy atom. The van der Waals surface area contributed by atoms with E-state index in [9.17, 15) is 4.80 Å². The number of ether oxygens (including phenoxy) is 6. The highest BCUT2D eigenvalue weighted by Crippen LogP contribution is 2.48. The van der Waals surface area contributed by atoms with Crippen LogP contribution in [0.3, 0.4) is 0 Å². The smallest absolute Gasteiger partial charge is 0.258 e. The van der Waals surface area contributed by atoms with Crippen LogP contribution in [0.5, 0.6) is 5.75 Å². The lowest BCUT2D eigenvalue weighted by molar-refractivity contribution is -0.268. The summed E-state index contributed by atoms with van der Waals surface area (Å²) in [7, 11) is -3.29. The minimum absolute atomic E-state index is 0.273. The van der Waals surface area contributed by atoms with Gasteiger partial charge in [-0.2, -0.15) is 0 Å². The highest BCUT2D eigenvalue weighted by Gasteiger charge is 2.51. The van der Waals surface area contributed by atoms with Gasteiger partial charge in [0.25, 0.3) is 8.32 Å². The molecule has 0 saturated carbocycles. The molecule has 1 aliphatic heterocycles. The van der Waals surface area contributed by atoms with Crippen molar-refractivity contribution in [2.24, 2.45) is 0 Å². The first-order valence-corrected chi connectivity index (χ1v) is 25.4. The Morgan fingerprint density at radius 3 is 1.79 bits per heavy atom. The maximum Gasteiger partial charge on any atom is 0.258 e. The molecule has 3 aromatic rings. The van der Waals surface area contributed by atoms with Gasteiger partial charge in [0.15, 0.2) is 5.75 Å². The summed E-state index contributed by atoms with van der Waals surface area (Å²) >= 11 is 17.5. The van der Waals surface area contributed by atoms with Crippen LogP contribution in [0.15, 0.2) is 71.2 Å². The zero-order valence-electron chi connectivity index (χ0n) is 35.8. The lowest BCUT2D eigenvalue weighted by atomic mass is 9.89. The van der Waals surface area contributed by atoms with Crippen LogP contribution in [0.1, 0.15) is 117 Å². The van der Waals surface area contributed by atoms with Gasteiger partial charge in [-0.1, -0.05) is 146 Å². The summed E-state index contributed by atoms with van der Waals surface area (Å²) in [5.41, 5.74) is 1.75. The first-order valence-electron chi connectivity index (χ1n) is 21.7. The van der Waals surface area contributed by atoms with Crippen LogP contribution >= 0.6 is 39.1 Å². The van der Waals surface area contributed by atoms with E-state index in [4.69, 9.17) is 51.6 Å².